The Morgan fingerprint density at radius 2 is 2.31 bits per heavy atom. The Balaban J connectivity index is 3.18. The number of hydrogen-bond acceptors (Lipinski definition) is 5. The molecule has 0 bridgehead atoms. The molecular weight excluding hydrogens is 210 g/mol. The van der Waals surface area contributed by atoms with Crippen molar-refractivity contribution >= 4 is 5.82 Å². The highest BCUT2D eigenvalue weighted by Gasteiger charge is 2.18. The third-order valence-electron chi connectivity index (χ3n) is 2.23. The number of H-pyrrole nitrogens is 1. The fourth-order valence-electron chi connectivity index (χ4n) is 1.48. The molecule has 90 valence electrons. The van der Waals surface area contributed by atoms with Gasteiger partial charge in [0.15, 0.2) is 5.82 Å². The first kappa shape index (κ1) is 12.5. The molecule has 0 fully saturated rings. The first-order valence-corrected chi connectivity index (χ1v) is 5.11. The van der Waals surface area contributed by atoms with Gasteiger partial charge in [-0.05, 0) is 13.8 Å². The van der Waals surface area contributed by atoms with Gasteiger partial charge in [0.2, 0.25) is 5.75 Å². The topological polar surface area (TPSA) is 78.5 Å². The molecule has 0 aliphatic rings. The summed E-state index contributed by atoms with van der Waals surface area (Å²) in [6.07, 6.45) is 1.33. The van der Waals surface area contributed by atoms with Gasteiger partial charge in [-0.15, -0.1) is 0 Å². The zero-order valence-corrected chi connectivity index (χ0v) is 9.73. The number of methoxy groups -OCH3 is 1. The van der Waals surface area contributed by atoms with Gasteiger partial charge in [0.05, 0.1) is 20.0 Å². The molecular formula is C10H17N3O3. The van der Waals surface area contributed by atoms with Crippen LogP contribution in [0.5, 0.6) is 5.75 Å². The minimum Gasteiger partial charge on any atom is -0.489 e. The first-order valence-electron chi connectivity index (χ1n) is 5.11. The largest absolute Gasteiger partial charge is 0.489 e. The van der Waals surface area contributed by atoms with Crippen molar-refractivity contribution in [3.05, 3.63) is 16.7 Å². The van der Waals surface area contributed by atoms with E-state index in [0.717, 1.165) is 0 Å². The summed E-state index contributed by atoms with van der Waals surface area (Å²) in [7, 11) is 1.42. The molecule has 1 rings (SSSR count). The van der Waals surface area contributed by atoms with Crippen LogP contribution in [0.3, 0.4) is 0 Å². The molecule has 6 heteroatoms. The Morgan fingerprint density at radius 3 is 2.81 bits per heavy atom. The van der Waals surface area contributed by atoms with Crippen molar-refractivity contribution in [2.75, 3.05) is 25.2 Å². The highest BCUT2D eigenvalue weighted by molar-refractivity contribution is 5.51. The molecule has 6 nitrogen and oxygen atoms in total. The molecule has 2 N–H and O–H groups in total. The number of hydrogen-bond donors (Lipinski definition) is 2. The second kappa shape index (κ2) is 5.50. The van der Waals surface area contributed by atoms with Crippen molar-refractivity contribution in [2.45, 2.75) is 19.9 Å². The van der Waals surface area contributed by atoms with Crippen LogP contribution in [0, 0.1) is 0 Å². The highest BCUT2D eigenvalue weighted by Crippen LogP contribution is 2.21. The molecule has 0 atom stereocenters. The Labute approximate surface area is 93.9 Å². The molecule has 0 saturated carbocycles. The predicted octanol–water partition coefficient (Wildman–Crippen LogP) is -0.0144. The molecule has 0 spiro atoms. The summed E-state index contributed by atoms with van der Waals surface area (Å²) in [5.74, 6) is 0.625. The van der Waals surface area contributed by atoms with Crippen LogP contribution in [0.25, 0.3) is 0 Å². The van der Waals surface area contributed by atoms with Gasteiger partial charge in [0.25, 0.3) is 5.56 Å². The van der Waals surface area contributed by atoms with E-state index in [1.807, 2.05) is 18.7 Å². The molecule has 0 aromatic carbocycles. The van der Waals surface area contributed by atoms with E-state index in [4.69, 9.17) is 9.84 Å². The average Bonchev–Trinajstić information content (AvgIpc) is 2.25. The zero-order valence-electron chi connectivity index (χ0n) is 9.73. The summed E-state index contributed by atoms with van der Waals surface area (Å²) in [6, 6.07) is 0.121. The summed E-state index contributed by atoms with van der Waals surface area (Å²) < 4.78 is 5.02. The SMILES string of the molecule is COc1c(N(CCO)C(C)C)nc[nH]c1=O. The summed E-state index contributed by atoms with van der Waals surface area (Å²) in [5, 5.41) is 8.98. The van der Waals surface area contributed by atoms with E-state index in [2.05, 4.69) is 9.97 Å². The summed E-state index contributed by atoms with van der Waals surface area (Å²) >= 11 is 0. The molecule has 0 aliphatic heterocycles. The summed E-state index contributed by atoms with van der Waals surface area (Å²) in [5.41, 5.74) is -0.323. The molecule has 0 saturated heterocycles. The van der Waals surface area contributed by atoms with Crippen LogP contribution in [0.1, 0.15) is 13.8 Å². The highest BCUT2D eigenvalue weighted by atomic mass is 16.5. The van der Waals surface area contributed by atoms with E-state index in [1.54, 1.807) is 0 Å². The lowest BCUT2D eigenvalue weighted by Crippen LogP contribution is -2.35. The Kier molecular flexibility index (Phi) is 4.30. The van der Waals surface area contributed by atoms with Gasteiger partial charge < -0.3 is 19.7 Å². The van der Waals surface area contributed by atoms with Gasteiger partial charge in [-0.25, -0.2) is 4.98 Å². The summed E-state index contributed by atoms with van der Waals surface area (Å²) in [6.45, 7) is 4.32. The normalized spacial score (nSPS) is 10.6. The fourth-order valence-corrected chi connectivity index (χ4v) is 1.48. The fraction of sp³-hybridized carbons (Fsp3) is 0.600. The molecule has 0 aliphatic carbocycles. The van der Waals surface area contributed by atoms with E-state index in [-0.39, 0.29) is 24.0 Å². The Hall–Kier alpha value is -1.56. The van der Waals surface area contributed by atoms with Gasteiger partial charge in [-0.3, -0.25) is 4.79 Å². The third kappa shape index (κ3) is 2.52. The predicted molar refractivity (Wildman–Crippen MR) is 61.0 cm³/mol. The Morgan fingerprint density at radius 1 is 1.62 bits per heavy atom. The van der Waals surface area contributed by atoms with Gasteiger partial charge >= 0.3 is 0 Å². The zero-order chi connectivity index (χ0) is 12.1. The molecule has 1 aromatic heterocycles. The van der Waals surface area contributed by atoms with Gasteiger partial charge in [-0.2, -0.15) is 0 Å². The molecule has 0 amide bonds. The number of aliphatic hydroxyl groups is 1. The van der Waals surface area contributed by atoms with Crippen LogP contribution < -0.4 is 15.2 Å². The van der Waals surface area contributed by atoms with Crippen molar-refractivity contribution in [1.82, 2.24) is 9.97 Å². The van der Waals surface area contributed by atoms with Crippen LogP contribution in [0.2, 0.25) is 0 Å². The number of aromatic nitrogens is 2. The standard InChI is InChI=1S/C10H17N3O3/c1-7(2)13(4-5-14)9-8(16-3)10(15)12-6-11-9/h6-7,14H,4-5H2,1-3H3,(H,11,12,15). The smallest absolute Gasteiger partial charge is 0.295 e. The van der Waals surface area contributed by atoms with Crippen molar-refractivity contribution in [3.63, 3.8) is 0 Å². The lowest BCUT2D eigenvalue weighted by Gasteiger charge is -2.27. The van der Waals surface area contributed by atoms with Gasteiger partial charge in [-0.1, -0.05) is 0 Å². The number of nitrogens with zero attached hydrogens (tertiary/aromatic N) is 2. The number of nitrogens with one attached hydrogen (secondary N) is 1. The lowest BCUT2D eigenvalue weighted by atomic mass is 10.3. The van der Waals surface area contributed by atoms with Crippen LogP contribution in [-0.4, -0.2) is 41.4 Å². The lowest BCUT2D eigenvalue weighted by molar-refractivity contribution is 0.297. The minimum absolute atomic E-state index is 0.00415. The van der Waals surface area contributed by atoms with Crippen molar-refractivity contribution in [2.24, 2.45) is 0 Å². The van der Waals surface area contributed by atoms with Crippen LogP contribution >= 0.6 is 0 Å². The van der Waals surface area contributed by atoms with Crippen LogP contribution in [0.4, 0.5) is 5.82 Å². The third-order valence-corrected chi connectivity index (χ3v) is 2.23. The van der Waals surface area contributed by atoms with E-state index in [9.17, 15) is 4.79 Å². The maximum absolute atomic E-state index is 11.5. The molecule has 1 heterocycles. The van der Waals surface area contributed by atoms with E-state index >= 15 is 0 Å². The van der Waals surface area contributed by atoms with Gasteiger partial charge in [0.1, 0.15) is 0 Å². The van der Waals surface area contributed by atoms with Crippen molar-refractivity contribution < 1.29 is 9.84 Å². The van der Waals surface area contributed by atoms with Crippen LogP contribution in [0.15, 0.2) is 11.1 Å². The minimum atomic E-state index is -0.323. The summed E-state index contributed by atoms with van der Waals surface area (Å²) in [4.78, 5) is 19.8. The quantitative estimate of drug-likeness (QED) is 0.739. The number of rotatable bonds is 5. The second-order valence-corrected chi connectivity index (χ2v) is 3.60. The van der Waals surface area contributed by atoms with E-state index in [1.165, 1.54) is 13.4 Å². The van der Waals surface area contributed by atoms with Crippen molar-refractivity contribution in [1.29, 1.82) is 0 Å². The van der Waals surface area contributed by atoms with Crippen molar-refractivity contribution in [3.8, 4) is 5.75 Å². The maximum atomic E-state index is 11.5. The number of anilines is 1. The first-order chi connectivity index (χ1) is 7.61. The van der Waals surface area contributed by atoms with Gasteiger partial charge in [0, 0.05) is 12.6 Å². The van der Waals surface area contributed by atoms with E-state index in [0.29, 0.717) is 12.4 Å². The molecule has 0 radical (unpaired) electrons. The Bertz CT molecular complexity index is 389. The van der Waals surface area contributed by atoms with Crippen LogP contribution in [-0.2, 0) is 0 Å². The number of aromatic amines is 1. The molecule has 0 unspecified atom stereocenters. The number of ether oxygens (including phenoxy) is 1. The monoisotopic (exact) mass is 227 g/mol. The average molecular weight is 227 g/mol. The van der Waals surface area contributed by atoms with E-state index < -0.39 is 0 Å². The maximum Gasteiger partial charge on any atom is 0.295 e. The second-order valence-electron chi connectivity index (χ2n) is 3.60. The number of aliphatic hydroxyl groups excluding tert-OH is 1. The molecule has 16 heavy (non-hydrogen) atoms. The molecule has 1 aromatic rings.